The molecule has 1 aromatic carbocycles. The predicted octanol–water partition coefficient (Wildman–Crippen LogP) is 3.36. The van der Waals surface area contributed by atoms with Crippen LogP contribution in [0.5, 0.6) is 0 Å². The first-order valence-electron chi connectivity index (χ1n) is 4.72. The van der Waals surface area contributed by atoms with E-state index in [2.05, 4.69) is 4.40 Å². The zero-order valence-corrected chi connectivity index (χ0v) is 10.9. The van der Waals surface area contributed by atoms with Gasteiger partial charge in [0.05, 0.1) is 6.21 Å². The van der Waals surface area contributed by atoms with Crippen LogP contribution < -0.4 is 0 Å². The molecular weight excluding hydrogens is 249 g/mol. The molecule has 0 heterocycles. The van der Waals surface area contributed by atoms with Crippen LogP contribution in [0.1, 0.15) is 26.3 Å². The summed E-state index contributed by atoms with van der Waals surface area (Å²) in [6, 6.07) is 4.15. The summed E-state index contributed by atoms with van der Waals surface area (Å²) < 4.78 is 28.2. The van der Waals surface area contributed by atoms with E-state index in [1.54, 1.807) is 20.8 Å². The van der Waals surface area contributed by atoms with Crippen LogP contribution in [0.4, 0.5) is 4.39 Å². The van der Waals surface area contributed by atoms with Gasteiger partial charge in [0, 0.05) is 10.6 Å². The molecule has 1 aromatic rings. The van der Waals surface area contributed by atoms with Gasteiger partial charge < -0.3 is 4.55 Å². The van der Waals surface area contributed by atoms with Crippen LogP contribution in [0.15, 0.2) is 22.6 Å². The summed E-state index contributed by atoms with van der Waals surface area (Å²) in [5.41, 5.74) is 0.241. The molecule has 0 saturated carbocycles. The van der Waals surface area contributed by atoms with Gasteiger partial charge in [0.15, 0.2) is 0 Å². The maximum atomic E-state index is 13.3. The average molecular weight is 262 g/mol. The molecule has 0 amide bonds. The summed E-state index contributed by atoms with van der Waals surface area (Å²) in [5.74, 6) is -0.431. The van der Waals surface area contributed by atoms with Gasteiger partial charge in [-0.25, -0.2) is 4.39 Å². The van der Waals surface area contributed by atoms with Gasteiger partial charge in [0.1, 0.15) is 21.9 Å². The van der Waals surface area contributed by atoms with Gasteiger partial charge in [-0.15, -0.1) is 0 Å². The second-order valence-electron chi connectivity index (χ2n) is 4.26. The van der Waals surface area contributed by atoms with E-state index in [-0.39, 0.29) is 5.56 Å². The fourth-order valence-corrected chi connectivity index (χ4v) is 1.58. The highest BCUT2D eigenvalue weighted by molar-refractivity contribution is 7.91. The van der Waals surface area contributed by atoms with Crippen molar-refractivity contribution in [3.63, 3.8) is 0 Å². The van der Waals surface area contributed by atoms with Gasteiger partial charge in [-0.1, -0.05) is 16.0 Å². The lowest BCUT2D eigenvalue weighted by atomic mass is 10.2. The Hall–Kier alpha value is -0.580. The normalized spacial score (nSPS) is 14.4. The van der Waals surface area contributed by atoms with Crippen molar-refractivity contribution in [2.24, 2.45) is 4.40 Å². The first kappa shape index (κ1) is 13.5. The maximum absolute atomic E-state index is 13.3. The SMILES string of the molecule is CC(C)(C)[S+]([O-])N=Cc1cc(Cl)ccc1F. The van der Waals surface area contributed by atoms with E-state index in [4.69, 9.17) is 11.6 Å². The van der Waals surface area contributed by atoms with Gasteiger partial charge in [-0.3, -0.25) is 0 Å². The van der Waals surface area contributed by atoms with Crippen molar-refractivity contribution in [1.82, 2.24) is 0 Å². The van der Waals surface area contributed by atoms with Crippen LogP contribution in [0.3, 0.4) is 0 Å². The third kappa shape index (κ3) is 3.77. The number of halogens is 2. The fourth-order valence-electron chi connectivity index (χ4n) is 0.876. The molecule has 16 heavy (non-hydrogen) atoms. The molecule has 0 saturated heterocycles. The Morgan fingerprint density at radius 1 is 1.44 bits per heavy atom. The number of hydrogen-bond donors (Lipinski definition) is 0. The predicted molar refractivity (Wildman–Crippen MR) is 66.9 cm³/mol. The average Bonchev–Trinajstić information content (AvgIpc) is 2.17. The molecule has 0 aliphatic heterocycles. The Morgan fingerprint density at radius 2 is 2.06 bits per heavy atom. The fraction of sp³-hybridized carbons (Fsp3) is 0.364. The van der Waals surface area contributed by atoms with Crippen molar-refractivity contribution in [2.75, 3.05) is 0 Å². The number of nitrogens with zero attached hydrogens (tertiary/aromatic N) is 1. The molecule has 1 unspecified atom stereocenters. The Morgan fingerprint density at radius 3 is 2.62 bits per heavy atom. The van der Waals surface area contributed by atoms with Crippen LogP contribution in [-0.4, -0.2) is 15.5 Å². The molecule has 0 spiro atoms. The zero-order valence-electron chi connectivity index (χ0n) is 9.33. The minimum atomic E-state index is -1.39. The molecule has 0 fully saturated rings. The lowest BCUT2D eigenvalue weighted by molar-refractivity contribution is 0.561. The van der Waals surface area contributed by atoms with Crippen molar-refractivity contribution in [1.29, 1.82) is 0 Å². The Kier molecular flexibility index (Phi) is 4.35. The van der Waals surface area contributed by atoms with Crippen molar-refractivity contribution < 1.29 is 8.94 Å². The van der Waals surface area contributed by atoms with Gasteiger partial charge >= 0.3 is 0 Å². The molecular formula is C11H13ClFNOS. The number of benzene rings is 1. The highest BCUT2D eigenvalue weighted by Crippen LogP contribution is 2.18. The molecule has 0 radical (unpaired) electrons. The van der Waals surface area contributed by atoms with Crippen LogP contribution in [0.2, 0.25) is 5.02 Å². The Bertz CT molecular complexity index is 403. The van der Waals surface area contributed by atoms with E-state index < -0.39 is 21.9 Å². The topological polar surface area (TPSA) is 35.4 Å². The third-order valence-corrected chi connectivity index (χ3v) is 3.35. The zero-order chi connectivity index (χ0) is 12.3. The van der Waals surface area contributed by atoms with Gasteiger partial charge in [-0.05, 0) is 39.0 Å². The van der Waals surface area contributed by atoms with Gasteiger partial charge in [0.2, 0.25) is 0 Å². The molecule has 2 nitrogen and oxygen atoms in total. The molecule has 0 aliphatic rings. The Labute approximate surface area is 103 Å². The molecule has 0 N–H and O–H groups in total. The molecule has 0 bridgehead atoms. The highest BCUT2D eigenvalue weighted by Gasteiger charge is 2.25. The second kappa shape index (κ2) is 5.17. The largest absolute Gasteiger partial charge is 0.591 e. The summed E-state index contributed by atoms with van der Waals surface area (Å²) in [4.78, 5) is 0. The van der Waals surface area contributed by atoms with E-state index in [0.29, 0.717) is 5.02 Å². The van der Waals surface area contributed by atoms with E-state index in [1.165, 1.54) is 24.4 Å². The van der Waals surface area contributed by atoms with E-state index >= 15 is 0 Å². The highest BCUT2D eigenvalue weighted by atomic mass is 35.5. The lowest BCUT2D eigenvalue weighted by Gasteiger charge is -2.17. The lowest BCUT2D eigenvalue weighted by Crippen LogP contribution is -2.25. The van der Waals surface area contributed by atoms with Crippen LogP contribution in [0, 0.1) is 5.82 Å². The molecule has 0 aliphatic carbocycles. The van der Waals surface area contributed by atoms with Crippen molar-refractivity contribution in [3.05, 3.63) is 34.6 Å². The minimum absolute atomic E-state index is 0.241. The molecule has 0 aromatic heterocycles. The van der Waals surface area contributed by atoms with Gasteiger partial charge in [0.25, 0.3) is 0 Å². The standard InChI is InChI=1S/C11H13ClFNOS/c1-11(2,3)16(15)14-7-8-6-9(12)4-5-10(8)13/h4-7H,1-3H3. The van der Waals surface area contributed by atoms with E-state index in [1.807, 2.05) is 0 Å². The van der Waals surface area contributed by atoms with E-state index in [0.717, 1.165) is 0 Å². The quantitative estimate of drug-likeness (QED) is 0.594. The minimum Gasteiger partial charge on any atom is -0.591 e. The third-order valence-electron chi connectivity index (χ3n) is 1.77. The summed E-state index contributed by atoms with van der Waals surface area (Å²) in [5, 5.41) is 0.421. The van der Waals surface area contributed by atoms with E-state index in [9.17, 15) is 8.94 Å². The van der Waals surface area contributed by atoms with Crippen LogP contribution >= 0.6 is 11.6 Å². The van der Waals surface area contributed by atoms with Crippen molar-refractivity contribution >= 4 is 29.2 Å². The van der Waals surface area contributed by atoms with Gasteiger partial charge in [-0.2, -0.15) is 0 Å². The van der Waals surface area contributed by atoms with Crippen LogP contribution in [0.25, 0.3) is 0 Å². The number of rotatable bonds is 2. The molecule has 88 valence electrons. The summed E-state index contributed by atoms with van der Waals surface area (Å²) >= 11 is 4.32. The smallest absolute Gasteiger partial charge is 0.144 e. The van der Waals surface area contributed by atoms with Crippen LogP contribution in [-0.2, 0) is 11.4 Å². The van der Waals surface area contributed by atoms with Crippen molar-refractivity contribution in [3.8, 4) is 0 Å². The second-order valence-corrected chi connectivity index (χ2v) is 6.63. The summed E-state index contributed by atoms with van der Waals surface area (Å²) in [6.45, 7) is 5.40. The molecule has 5 heteroatoms. The number of hydrogen-bond acceptors (Lipinski definition) is 2. The first-order chi connectivity index (χ1) is 7.30. The molecule has 1 atom stereocenters. The van der Waals surface area contributed by atoms with Crippen molar-refractivity contribution in [2.45, 2.75) is 25.5 Å². The summed E-state index contributed by atoms with van der Waals surface area (Å²) in [6.07, 6.45) is 1.25. The Balaban J connectivity index is 2.88. The maximum Gasteiger partial charge on any atom is 0.144 e. The first-order valence-corrected chi connectivity index (χ1v) is 6.20. The summed E-state index contributed by atoms with van der Waals surface area (Å²) in [7, 11) is 0. The monoisotopic (exact) mass is 261 g/mol. The molecule has 1 rings (SSSR count).